The normalized spacial score (nSPS) is 11.0. The van der Waals surface area contributed by atoms with Crippen LogP contribution in [0.4, 0.5) is 34.8 Å². The zero-order valence-electron chi connectivity index (χ0n) is 10.4. The van der Waals surface area contributed by atoms with Crippen LogP contribution in [0.25, 0.3) is 0 Å². The first kappa shape index (κ1) is 14.6. The van der Waals surface area contributed by atoms with E-state index in [-0.39, 0.29) is 17.2 Å². The Balaban J connectivity index is 2.38. The minimum absolute atomic E-state index is 0.0129. The highest BCUT2D eigenvalue weighted by molar-refractivity contribution is 5.62. The summed E-state index contributed by atoms with van der Waals surface area (Å²) >= 11 is 0. The van der Waals surface area contributed by atoms with Gasteiger partial charge in [0.2, 0.25) is 0 Å². The summed E-state index contributed by atoms with van der Waals surface area (Å²) in [6, 6.07) is 6.36. The van der Waals surface area contributed by atoms with Gasteiger partial charge in [-0.1, -0.05) is 0 Å². The minimum Gasteiger partial charge on any atom is -0.396 e. The van der Waals surface area contributed by atoms with Gasteiger partial charge in [0.05, 0.1) is 16.9 Å². The Morgan fingerprint density at radius 2 is 1.90 bits per heavy atom. The molecule has 0 spiro atoms. The standard InChI is InChI=1S/C13H8F4N4/c14-8-2-1-7(13(15,16)17)5-10(8)20-12-4-3-9(19)11(6-18)21-12/h1-5H,19H2,(H,20,21). The fourth-order valence-corrected chi connectivity index (χ4v) is 1.56. The smallest absolute Gasteiger partial charge is 0.396 e. The van der Waals surface area contributed by atoms with E-state index in [0.29, 0.717) is 18.2 Å². The lowest BCUT2D eigenvalue weighted by Crippen LogP contribution is -2.07. The highest BCUT2D eigenvalue weighted by atomic mass is 19.4. The van der Waals surface area contributed by atoms with E-state index < -0.39 is 23.2 Å². The van der Waals surface area contributed by atoms with Crippen LogP contribution < -0.4 is 11.1 Å². The Morgan fingerprint density at radius 1 is 1.19 bits per heavy atom. The van der Waals surface area contributed by atoms with E-state index in [4.69, 9.17) is 11.0 Å². The molecule has 8 heteroatoms. The summed E-state index contributed by atoms with van der Waals surface area (Å²) in [5.74, 6) is -0.862. The third kappa shape index (κ3) is 3.20. The van der Waals surface area contributed by atoms with E-state index in [1.807, 2.05) is 0 Å². The largest absolute Gasteiger partial charge is 0.416 e. The highest BCUT2D eigenvalue weighted by Crippen LogP contribution is 2.32. The number of nitrogens with two attached hydrogens (primary N) is 1. The maximum atomic E-state index is 13.6. The number of nitriles is 1. The van der Waals surface area contributed by atoms with Crippen molar-refractivity contribution in [2.45, 2.75) is 6.18 Å². The van der Waals surface area contributed by atoms with E-state index >= 15 is 0 Å². The number of hydrogen-bond donors (Lipinski definition) is 2. The van der Waals surface area contributed by atoms with Gasteiger partial charge in [-0.05, 0) is 30.3 Å². The molecule has 0 aliphatic carbocycles. The van der Waals surface area contributed by atoms with Gasteiger partial charge in [-0.25, -0.2) is 9.37 Å². The number of aromatic nitrogens is 1. The second-order valence-electron chi connectivity index (χ2n) is 4.06. The van der Waals surface area contributed by atoms with E-state index in [2.05, 4.69) is 10.3 Å². The Morgan fingerprint density at radius 3 is 2.52 bits per heavy atom. The first-order valence-corrected chi connectivity index (χ1v) is 5.61. The molecule has 2 rings (SSSR count). The first-order chi connectivity index (χ1) is 9.81. The zero-order valence-corrected chi connectivity index (χ0v) is 10.4. The summed E-state index contributed by atoms with van der Waals surface area (Å²) in [5.41, 5.74) is 4.09. The fourth-order valence-electron chi connectivity index (χ4n) is 1.56. The molecule has 4 nitrogen and oxygen atoms in total. The van der Waals surface area contributed by atoms with Crippen LogP contribution >= 0.6 is 0 Å². The van der Waals surface area contributed by atoms with Crippen molar-refractivity contribution in [2.24, 2.45) is 0 Å². The SMILES string of the molecule is N#Cc1nc(Nc2cc(C(F)(F)F)ccc2F)ccc1N. The summed E-state index contributed by atoms with van der Waals surface area (Å²) in [6.07, 6.45) is -4.59. The number of benzene rings is 1. The highest BCUT2D eigenvalue weighted by Gasteiger charge is 2.31. The molecular formula is C13H8F4N4. The molecule has 1 heterocycles. The number of nitrogens with one attached hydrogen (secondary N) is 1. The summed E-state index contributed by atoms with van der Waals surface area (Å²) in [7, 11) is 0. The second-order valence-corrected chi connectivity index (χ2v) is 4.06. The second kappa shape index (κ2) is 5.28. The molecule has 0 atom stereocenters. The molecule has 21 heavy (non-hydrogen) atoms. The summed E-state index contributed by atoms with van der Waals surface area (Å²) in [5, 5.41) is 11.2. The van der Waals surface area contributed by atoms with Gasteiger partial charge in [-0.15, -0.1) is 0 Å². The van der Waals surface area contributed by atoms with Crippen LogP contribution in [-0.2, 0) is 6.18 Å². The molecule has 0 unspecified atom stereocenters. The third-order valence-electron chi connectivity index (χ3n) is 2.59. The van der Waals surface area contributed by atoms with Gasteiger partial charge in [0.1, 0.15) is 17.7 Å². The van der Waals surface area contributed by atoms with E-state index in [9.17, 15) is 17.6 Å². The van der Waals surface area contributed by atoms with Crippen LogP contribution in [0.15, 0.2) is 30.3 Å². The van der Waals surface area contributed by atoms with Crippen LogP contribution in [-0.4, -0.2) is 4.98 Å². The number of pyridine rings is 1. The number of hydrogen-bond acceptors (Lipinski definition) is 4. The monoisotopic (exact) mass is 296 g/mol. The lowest BCUT2D eigenvalue weighted by Gasteiger charge is -2.11. The van der Waals surface area contributed by atoms with Crippen molar-refractivity contribution in [1.29, 1.82) is 5.26 Å². The molecule has 2 aromatic rings. The lowest BCUT2D eigenvalue weighted by molar-refractivity contribution is -0.137. The number of rotatable bonds is 2. The summed E-state index contributed by atoms with van der Waals surface area (Å²) < 4.78 is 51.3. The number of anilines is 3. The van der Waals surface area contributed by atoms with Crippen LogP contribution in [0.1, 0.15) is 11.3 Å². The van der Waals surface area contributed by atoms with Gasteiger partial charge in [-0.3, -0.25) is 0 Å². The van der Waals surface area contributed by atoms with Gasteiger partial charge in [-0.2, -0.15) is 18.4 Å². The van der Waals surface area contributed by atoms with Gasteiger partial charge in [0.25, 0.3) is 0 Å². The van der Waals surface area contributed by atoms with E-state index in [1.54, 1.807) is 6.07 Å². The molecule has 0 aliphatic rings. The Bertz CT molecular complexity index is 719. The Hall–Kier alpha value is -2.82. The van der Waals surface area contributed by atoms with Crippen LogP contribution in [0, 0.1) is 17.1 Å². The van der Waals surface area contributed by atoms with Crippen molar-refractivity contribution < 1.29 is 17.6 Å². The van der Waals surface area contributed by atoms with Crippen molar-refractivity contribution in [3.63, 3.8) is 0 Å². The van der Waals surface area contributed by atoms with Gasteiger partial charge in [0.15, 0.2) is 5.69 Å². The van der Waals surface area contributed by atoms with Crippen LogP contribution in [0.3, 0.4) is 0 Å². The number of alkyl halides is 3. The molecule has 0 bridgehead atoms. The Kier molecular flexibility index (Phi) is 3.67. The number of nitrogen functional groups attached to an aromatic ring is 1. The van der Waals surface area contributed by atoms with Crippen molar-refractivity contribution in [2.75, 3.05) is 11.1 Å². The van der Waals surface area contributed by atoms with Crippen molar-refractivity contribution in [3.05, 3.63) is 47.4 Å². The first-order valence-electron chi connectivity index (χ1n) is 5.61. The molecular weight excluding hydrogens is 288 g/mol. The van der Waals surface area contributed by atoms with Crippen LogP contribution in [0.5, 0.6) is 0 Å². The predicted octanol–water partition coefficient (Wildman–Crippen LogP) is 3.44. The summed E-state index contributed by atoms with van der Waals surface area (Å²) in [4.78, 5) is 3.77. The van der Waals surface area contributed by atoms with E-state index in [0.717, 1.165) is 0 Å². The molecule has 1 aromatic heterocycles. The maximum Gasteiger partial charge on any atom is 0.416 e. The average Bonchev–Trinajstić information content (AvgIpc) is 2.42. The van der Waals surface area contributed by atoms with Crippen LogP contribution in [0.2, 0.25) is 0 Å². The molecule has 1 aromatic carbocycles. The molecule has 0 fully saturated rings. The third-order valence-corrected chi connectivity index (χ3v) is 2.59. The predicted molar refractivity (Wildman–Crippen MR) is 68.0 cm³/mol. The Labute approximate surface area is 116 Å². The molecule has 0 amide bonds. The van der Waals surface area contributed by atoms with E-state index in [1.165, 1.54) is 12.1 Å². The number of nitrogens with zero attached hydrogens (tertiary/aromatic N) is 2. The van der Waals surface area contributed by atoms with Gasteiger partial charge in [0, 0.05) is 0 Å². The molecule has 108 valence electrons. The van der Waals surface area contributed by atoms with Gasteiger partial charge >= 0.3 is 6.18 Å². The van der Waals surface area contributed by atoms with Crippen molar-refractivity contribution in [3.8, 4) is 6.07 Å². The molecule has 0 saturated carbocycles. The molecule has 0 saturated heterocycles. The average molecular weight is 296 g/mol. The zero-order chi connectivity index (χ0) is 15.6. The topological polar surface area (TPSA) is 74.7 Å². The molecule has 0 aliphatic heterocycles. The lowest BCUT2D eigenvalue weighted by atomic mass is 10.2. The molecule has 3 N–H and O–H groups in total. The fraction of sp³-hybridized carbons (Fsp3) is 0.0769. The quantitative estimate of drug-likeness (QED) is 0.832. The van der Waals surface area contributed by atoms with Gasteiger partial charge < -0.3 is 11.1 Å². The molecule has 0 radical (unpaired) electrons. The number of halogens is 4. The maximum absolute atomic E-state index is 13.6. The van der Waals surface area contributed by atoms with Crippen molar-refractivity contribution in [1.82, 2.24) is 4.98 Å². The summed E-state index contributed by atoms with van der Waals surface area (Å²) in [6.45, 7) is 0. The van der Waals surface area contributed by atoms with Crippen molar-refractivity contribution >= 4 is 17.2 Å². The minimum atomic E-state index is -4.59.